The first-order valence-electron chi connectivity index (χ1n) is 7.56. The molecule has 0 amide bonds. The fourth-order valence-electron chi connectivity index (χ4n) is 2.52. The second kappa shape index (κ2) is 6.05. The molecule has 3 aromatic rings. The molecule has 0 saturated heterocycles. The first kappa shape index (κ1) is 14.4. The summed E-state index contributed by atoms with van der Waals surface area (Å²) in [6.07, 6.45) is 3.66. The van der Waals surface area contributed by atoms with E-state index in [1.54, 1.807) is 0 Å². The highest BCUT2D eigenvalue weighted by Gasteiger charge is 2.13. The second-order valence-electron chi connectivity index (χ2n) is 5.47. The normalized spacial score (nSPS) is 11.1. The number of aromatic nitrogens is 2. The van der Waals surface area contributed by atoms with Crippen LogP contribution in [0, 0.1) is 0 Å². The highest BCUT2D eigenvalue weighted by molar-refractivity contribution is 5.96. The van der Waals surface area contributed by atoms with E-state index in [0.29, 0.717) is 17.8 Å². The van der Waals surface area contributed by atoms with Crippen molar-refractivity contribution in [3.05, 3.63) is 47.5 Å². The maximum atomic E-state index is 6.14. The lowest BCUT2D eigenvalue weighted by Gasteiger charge is -2.09. The molecule has 4 N–H and O–H groups in total. The lowest BCUT2D eigenvalue weighted by atomic mass is 10.1. The van der Waals surface area contributed by atoms with Gasteiger partial charge < -0.3 is 16.0 Å². The Morgan fingerprint density at radius 2 is 1.95 bits per heavy atom. The molecule has 5 heteroatoms. The molecule has 5 nitrogen and oxygen atoms in total. The lowest BCUT2D eigenvalue weighted by Crippen LogP contribution is -2.05. The SMILES string of the molecule is CCCCc1cc(Cc2nc3ccccc3c(N)c2N)no1. The van der Waals surface area contributed by atoms with Crippen LogP contribution in [-0.2, 0) is 12.8 Å². The summed E-state index contributed by atoms with van der Waals surface area (Å²) in [5, 5.41) is 4.99. The number of rotatable bonds is 5. The highest BCUT2D eigenvalue weighted by atomic mass is 16.5. The highest BCUT2D eigenvalue weighted by Crippen LogP contribution is 2.29. The number of para-hydroxylation sites is 1. The third-order valence-electron chi connectivity index (χ3n) is 3.78. The summed E-state index contributed by atoms with van der Waals surface area (Å²) in [6.45, 7) is 2.15. The Balaban J connectivity index is 1.90. The van der Waals surface area contributed by atoms with Crippen LogP contribution < -0.4 is 11.5 Å². The molecule has 2 aromatic heterocycles. The molecule has 0 bridgehead atoms. The van der Waals surface area contributed by atoms with Crippen molar-refractivity contribution in [1.82, 2.24) is 10.1 Å². The maximum Gasteiger partial charge on any atom is 0.137 e. The number of anilines is 2. The summed E-state index contributed by atoms with van der Waals surface area (Å²) in [4.78, 5) is 4.62. The van der Waals surface area contributed by atoms with Gasteiger partial charge in [0.1, 0.15) is 5.76 Å². The van der Waals surface area contributed by atoms with Gasteiger partial charge in [0.05, 0.1) is 28.3 Å². The van der Waals surface area contributed by atoms with Gasteiger partial charge in [-0.1, -0.05) is 36.7 Å². The van der Waals surface area contributed by atoms with Gasteiger partial charge >= 0.3 is 0 Å². The van der Waals surface area contributed by atoms with Crippen LogP contribution in [0.25, 0.3) is 10.9 Å². The molecule has 2 heterocycles. The van der Waals surface area contributed by atoms with Crippen molar-refractivity contribution in [1.29, 1.82) is 0 Å². The zero-order chi connectivity index (χ0) is 15.5. The van der Waals surface area contributed by atoms with Crippen LogP contribution in [0.1, 0.15) is 36.9 Å². The zero-order valence-electron chi connectivity index (χ0n) is 12.7. The largest absolute Gasteiger partial charge is 0.396 e. The molecule has 0 aliphatic carbocycles. The smallest absolute Gasteiger partial charge is 0.137 e. The molecule has 3 rings (SSSR count). The number of nitrogen functional groups attached to an aromatic ring is 2. The van der Waals surface area contributed by atoms with Crippen molar-refractivity contribution in [2.45, 2.75) is 32.6 Å². The van der Waals surface area contributed by atoms with Crippen LogP contribution in [0.3, 0.4) is 0 Å². The molecule has 0 unspecified atom stereocenters. The molecule has 0 fully saturated rings. The molecule has 0 spiro atoms. The molecule has 0 aliphatic heterocycles. The monoisotopic (exact) mass is 296 g/mol. The van der Waals surface area contributed by atoms with E-state index in [4.69, 9.17) is 16.0 Å². The molecule has 22 heavy (non-hydrogen) atoms. The number of pyridine rings is 1. The number of hydrogen-bond donors (Lipinski definition) is 2. The maximum absolute atomic E-state index is 6.14. The number of unbranched alkanes of at least 4 members (excludes halogenated alkanes) is 1. The fourth-order valence-corrected chi connectivity index (χ4v) is 2.52. The van der Waals surface area contributed by atoms with Gasteiger partial charge in [0.25, 0.3) is 0 Å². The van der Waals surface area contributed by atoms with E-state index in [1.165, 1.54) is 0 Å². The van der Waals surface area contributed by atoms with E-state index < -0.39 is 0 Å². The minimum atomic E-state index is 0.524. The van der Waals surface area contributed by atoms with Gasteiger partial charge in [0.15, 0.2) is 0 Å². The average Bonchev–Trinajstić information content (AvgIpc) is 2.98. The number of fused-ring (bicyclic) bond motifs is 1. The first-order valence-corrected chi connectivity index (χ1v) is 7.56. The van der Waals surface area contributed by atoms with E-state index in [9.17, 15) is 0 Å². The molecule has 1 aromatic carbocycles. The Labute approximate surface area is 129 Å². The second-order valence-corrected chi connectivity index (χ2v) is 5.47. The van der Waals surface area contributed by atoms with Gasteiger partial charge in [-0.15, -0.1) is 0 Å². The molecule has 0 saturated carbocycles. The topological polar surface area (TPSA) is 91.0 Å². The quantitative estimate of drug-likeness (QED) is 0.753. The van der Waals surface area contributed by atoms with Crippen molar-refractivity contribution >= 4 is 22.3 Å². The van der Waals surface area contributed by atoms with Crippen molar-refractivity contribution in [2.75, 3.05) is 11.5 Å². The van der Waals surface area contributed by atoms with Gasteiger partial charge in [0.2, 0.25) is 0 Å². The summed E-state index contributed by atoms with van der Waals surface area (Å²) in [5.41, 5.74) is 15.8. The predicted octanol–water partition coefficient (Wildman–Crippen LogP) is 3.32. The zero-order valence-corrected chi connectivity index (χ0v) is 12.7. The van der Waals surface area contributed by atoms with Gasteiger partial charge in [0, 0.05) is 24.3 Å². The van der Waals surface area contributed by atoms with Gasteiger partial charge in [-0.05, 0) is 12.5 Å². The van der Waals surface area contributed by atoms with E-state index >= 15 is 0 Å². The van der Waals surface area contributed by atoms with Crippen molar-refractivity contribution in [3.8, 4) is 0 Å². The van der Waals surface area contributed by atoms with Gasteiger partial charge in [-0.2, -0.15) is 0 Å². The number of benzene rings is 1. The minimum absolute atomic E-state index is 0.524. The molecular weight excluding hydrogens is 276 g/mol. The van der Waals surface area contributed by atoms with Crippen LogP contribution in [0.2, 0.25) is 0 Å². The average molecular weight is 296 g/mol. The van der Waals surface area contributed by atoms with Crippen LogP contribution in [0.15, 0.2) is 34.9 Å². The van der Waals surface area contributed by atoms with Crippen molar-refractivity contribution in [3.63, 3.8) is 0 Å². The van der Waals surface area contributed by atoms with E-state index in [2.05, 4.69) is 17.1 Å². The predicted molar refractivity (Wildman–Crippen MR) is 88.5 cm³/mol. The molecule has 114 valence electrons. The summed E-state index contributed by atoms with van der Waals surface area (Å²) in [5.74, 6) is 0.907. The third-order valence-corrected chi connectivity index (χ3v) is 3.78. The minimum Gasteiger partial charge on any atom is -0.396 e. The summed E-state index contributed by atoms with van der Waals surface area (Å²) in [7, 11) is 0. The Morgan fingerprint density at radius 1 is 1.14 bits per heavy atom. The van der Waals surface area contributed by atoms with E-state index in [-0.39, 0.29) is 0 Å². The Hall–Kier alpha value is -2.56. The summed E-state index contributed by atoms with van der Waals surface area (Å²) < 4.78 is 5.35. The van der Waals surface area contributed by atoms with Gasteiger partial charge in [-0.25, -0.2) is 0 Å². The Kier molecular flexibility index (Phi) is 3.96. The number of aryl methyl sites for hydroxylation is 1. The molecular formula is C17H20N4O. The fraction of sp³-hybridized carbons (Fsp3) is 0.294. The first-order chi connectivity index (χ1) is 10.7. The van der Waals surface area contributed by atoms with Crippen LogP contribution in [-0.4, -0.2) is 10.1 Å². The van der Waals surface area contributed by atoms with Gasteiger partial charge in [-0.3, -0.25) is 4.98 Å². The summed E-state index contributed by atoms with van der Waals surface area (Å²) >= 11 is 0. The standard InChI is InChI=1S/C17H20N4O/c1-2-3-6-12-9-11(21-22-12)10-15-17(19)16(18)13-7-4-5-8-14(13)20-15/h4-5,7-9H,2-3,6,10,19H2,1H3,(H2,18,20). The summed E-state index contributed by atoms with van der Waals surface area (Å²) in [6, 6.07) is 9.70. The molecule has 0 atom stereocenters. The Bertz CT molecular complexity index is 794. The number of hydrogen-bond acceptors (Lipinski definition) is 5. The third kappa shape index (κ3) is 2.74. The van der Waals surface area contributed by atoms with Crippen LogP contribution in [0.4, 0.5) is 11.4 Å². The van der Waals surface area contributed by atoms with Crippen LogP contribution in [0.5, 0.6) is 0 Å². The molecule has 0 radical (unpaired) electrons. The van der Waals surface area contributed by atoms with Crippen molar-refractivity contribution < 1.29 is 4.52 Å². The van der Waals surface area contributed by atoms with Crippen molar-refractivity contribution in [2.24, 2.45) is 0 Å². The van der Waals surface area contributed by atoms with Crippen LogP contribution >= 0.6 is 0 Å². The Morgan fingerprint density at radius 3 is 2.77 bits per heavy atom. The van der Waals surface area contributed by atoms with E-state index in [1.807, 2.05) is 30.3 Å². The molecule has 0 aliphatic rings. The number of nitrogens with zero attached hydrogens (tertiary/aromatic N) is 2. The number of nitrogens with two attached hydrogens (primary N) is 2. The van der Waals surface area contributed by atoms with E-state index in [0.717, 1.165) is 47.3 Å². The lowest BCUT2D eigenvalue weighted by molar-refractivity contribution is 0.375.